The van der Waals surface area contributed by atoms with Crippen LogP contribution in [0.25, 0.3) is 0 Å². The highest BCUT2D eigenvalue weighted by Gasteiger charge is 2.50. The third kappa shape index (κ3) is 2.84. The van der Waals surface area contributed by atoms with E-state index in [0.29, 0.717) is 37.8 Å². The van der Waals surface area contributed by atoms with Gasteiger partial charge in [-0.25, -0.2) is 9.97 Å². The highest BCUT2D eigenvalue weighted by molar-refractivity contribution is 5.92. The maximum Gasteiger partial charge on any atom is 0.316 e. The molecule has 8 nitrogen and oxygen atoms in total. The molecule has 2 aliphatic rings. The molecule has 1 atom stereocenters. The van der Waals surface area contributed by atoms with Gasteiger partial charge in [0.1, 0.15) is 11.7 Å². The van der Waals surface area contributed by atoms with Gasteiger partial charge in [0.05, 0.1) is 25.4 Å². The Morgan fingerprint density at radius 3 is 2.88 bits per heavy atom. The van der Waals surface area contributed by atoms with Gasteiger partial charge in [-0.05, 0) is 13.0 Å². The third-order valence-electron chi connectivity index (χ3n) is 4.35. The van der Waals surface area contributed by atoms with Crippen LogP contribution in [0.1, 0.15) is 29.1 Å². The van der Waals surface area contributed by atoms with Gasteiger partial charge in [-0.2, -0.15) is 0 Å². The number of carbonyl (C=O) groups excluding carboxylic acids is 1. The van der Waals surface area contributed by atoms with Gasteiger partial charge in [0.15, 0.2) is 0 Å². The van der Waals surface area contributed by atoms with Gasteiger partial charge in [-0.3, -0.25) is 4.79 Å². The van der Waals surface area contributed by atoms with Crippen LogP contribution < -0.4 is 4.74 Å². The number of hydrogen-bond acceptors (Lipinski definition) is 7. The molecule has 1 spiro atoms. The van der Waals surface area contributed by atoms with Crippen molar-refractivity contribution in [3.05, 3.63) is 36.0 Å². The van der Waals surface area contributed by atoms with Crippen LogP contribution in [0.5, 0.6) is 6.01 Å². The zero-order chi connectivity index (χ0) is 16.6. The molecule has 0 aliphatic carbocycles. The smallest absolute Gasteiger partial charge is 0.316 e. The van der Waals surface area contributed by atoms with Crippen molar-refractivity contribution < 1.29 is 18.8 Å². The van der Waals surface area contributed by atoms with Crippen LogP contribution >= 0.6 is 0 Å². The summed E-state index contributed by atoms with van der Waals surface area (Å²) in [5, 5.41) is 3.75. The van der Waals surface area contributed by atoms with E-state index in [9.17, 15) is 4.79 Å². The molecule has 2 aromatic rings. The lowest BCUT2D eigenvalue weighted by Gasteiger charge is -2.52. The number of nitrogens with zero attached hydrogens (tertiary/aromatic N) is 4. The quantitative estimate of drug-likeness (QED) is 0.836. The number of likely N-dealkylation sites (tertiary alicyclic amines) is 1. The van der Waals surface area contributed by atoms with E-state index in [1.807, 2.05) is 0 Å². The molecule has 126 valence electrons. The topological polar surface area (TPSA) is 90.6 Å². The van der Waals surface area contributed by atoms with Gasteiger partial charge in [0, 0.05) is 31.3 Å². The molecule has 2 aromatic heterocycles. The van der Waals surface area contributed by atoms with E-state index in [1.54, 1.807) is 36.4 Å². The number of rotatable bonds is 3. The van der Waals surface area contributed by atoms with Crippen LogP contribution in [0.15, 0.2) is 29.0 Å². The van der Waals surface area contributed by atoms with E-state index in [4.69, 9.17) is 14.0 Å². The molecule has 0 N–H and O–H groups in total. The van der Waals surface area contributed by atoms with Gasteiger partial charge in [0.25, 0.3) is 5.91 Å². The Morgan fingerprint density at radius 1 is 1.38 bits per heavy atom. The molecule has 0 bridgehead atoms. The number of aromatic nitrogens is 3. The van der Waals surface area contributed by atoms with Crippen molar-refractivity contribution >= 4 is 5.91 Å². The average molecular weight is 330 g/mol. The Hall–Kier alpha value is -2.48. The van der Waals surface area contributed by atoms with Crippen LogP contribution in [0.2, 0.25) is 0 Å². The van der Waals surface area contributed by atoms with Crippen molar-refractivity contribution in [3.63, 3.8) is 0 Å². The average Bonchev–Trinajstić information content (AvgIpc) is 3.00. The monoisotopic (exact) mass is 330 g/mol. The molecule has 0 aromatic carbocycles. The predicted octanol–water partition coefficient (Wildman–Crippen LogP) is 1.23. The molecule has 4 rings (SSSR count). The zero-order valence-corrected chi connectivity index (χ0v) is 13.3. The van der Waals surface area contributed by atoms with E-state index < -0.39 is 0 Å². The predicted molar refractivity (Wildman–Crippen MR) is 81.5 cm³/mol. The Kier molecular flexibility index (Phi) is 3.68. The molecule has 0 unspecified atom stereocenters. The Labute approximate surface area is 138 Å². The molecule has 2 fully saturated rings. The Bertz CT molecular complexity index is 727. The van der Waals surface area contributed by atoms with Crippen molar-refractivity contribution in [2.24, 2.45) is 0 Å². The fourth-order valence-corrected chi connectivity index (χ4v) is 3.21. The number of aryl methyl sites for hydroxylation is 1. The number of ether oxygens (including phenoxy) is 2. The SMILES string of the molecule is Cc1cc(C(=O)N2CC3(C[C@@H](Oc4ncccn4)CCO3)C2)on1. The van der Waals surface area contributed by atoms with Crippen molar-refractivity contribution in [2.45, 2.75) is 31.5 Å². The maximum absolute atomic E-state index is 12.3. The summed E-state index contributed by atoms with van der Waals surface area (Å²) in [6, 6.07) is 3.77. The second-order valence-electron chi connectivity index (χ2n) is 6.29. The summed E-state index contributed by atoms with van der Waals surface area (Å²) in [4.78, 5) is 22.2. The van der Waals surface area contributed by atoms with E-state index in [1.165, 1.54) is 0 Å². The highest BCUT2D eigenvalue weighted by Crippen LogP contribution is 2.36. The van der Waals surface area contributed by atoms with Gasteiger partial charge < -0.3 is 18.9 Å². The molecular weight excluding hydrogens is 312 g/mol. The molecule has 8 heteroatoms. The summed E-state index contributed by atoms with van der Waals surface area (Å²) >= 11 is 0. The third-order valence-corrected chi connectivity index (χ3v) is 4.35. The molecule has 2 aliphatic heterocycles. The first-order valence-electron chi connectivity index (χ1n) is 7.94. The van der Waals surface area contributed by atoms with Crippen LogP contribution in [0, 0.1) is 6.92 Å². The first kappa shape index (κ1) is 15.1. The lowest BCUT2D eigenvalue weighted by molar-refractivity contribution is -0.174. The summed E-state index contributed by atoms with van der Waals surface area (Å²) in [5.74, 6) is 0.114. The van der Waals surface area contributed by atoms with Gasteiger partial charge in [-0.15, -0.1) is 0 Å². The number of carbonyl (C=O) groups is 1. The fraction of sp³-hybridized carbons (Fsp3) is 0.500. The lowest BCUT2D eigenvalue weighted by atomic mass is 9.84. The number of amides is 1. The fourth-order valence-electron chi connectivity index (χ4n) is 3.21. The molecule has 24 heavy (non-hydrogen) atoms. The summed E-state index contributed by atoms with van der Waals surface area (Å²) < 4.78 is 16.8. The van der Waals surface area contributed by atoms with Crippen molar-refractivity contribution in [1.82, 2.24) is 20.0 Å². The number of hydrogen-bond donors (Lipinski definition) is 0. The van der Waals surface area contributed by atoms with E-state index >= 15 is 0 Å². The first-order chi connectivity index (χ1) is 11.6. The van der Waals surface area contributed by atoms with Crippen molar-refractivity contribution in [2.75, 3.05) is 19.7 Å². The Balaban J connectivity index is 1.36. The summed E-state index contributed by atoms with van der Waals surface area (Å²) in [7, 11) is 0. The normalized spacial score (nSPS) is 22.2. The zero-order valence-electron chi connectivity index (χ0n) is 13.3. The van der Waals surface area contributed by atoms with Crippen molar-refractivity contribution in [3.8, 4) is 6.01 Å². The van der Waals surface area contributed by atoms with E-state index in [2.05, 4.69) is 15.1 Å². The van der Waals surface area contributed by atoms with Gasteiger partial charge >= 0.3 is 6.01 Å². The second-order valence-corrected chi connectivity index (χ2v) is 6.29. The van der Waals surface area contributed by atoms with Gasteiger partial charge in [-0.1, -0.05) is 5.16 Å². The molecule has 1 amide bonds. The molecule has 0 radical (unpaired) electrons. The first-order valence-corrected chi connectivity index (χ1v) is 7.94. The van der Waals surface area contributed by atoms with Crippen LogP contribution in [-0.4, -0.2) is 57.3 Å². The largest absolute Gasteiger partial charge is 0.460 e. The van der Waals surface area contributed by atoms with E-state index in [-0.39, 0.29) is 23.4 Å². The standard InChI is InChI=1S/C16H18N4O4/c1-11-7-13(24-19-11)14(21)20-9-16(10-20)8-12(3-6-22-16)23-15-17-4-2-5-18-15/h2,4-5,7,12H,3,6,8-10H2,1H3/t12-/m0/s1. The second kappa shape index (κ2) is 5.86. The summed E-state index contributed by atoms with van der Waals surface area (Å²) in [6.07, 6.45) is 4.80. The molecular formula is C16H18N4O4. The Morgan fingerprint density at radius 2 is 2.17 bits per heavy atom. The molecule has 2 saturated heterocycles. The minimum absolute atomic E-state index is 0.00840. The molecule has 0 saturated carbocycles. The summed E-state index contributed by atoms with van der Waals surface area (Å²) in [6.45, 7) is 3.44. The van der Waals surface area contributed by atoms with Crippen LogP contribution in [-0.2, 0) is 4.74 Å². The van der Waals surface area contributed by atoms with Gasteiger partial charge in [0.2, 0.25) is 5.76 Å². The van der Waals surface area contributed by atoms with Crippen molar-refractivity contribution in [1.29, 1.82) is 0 Å². The minimum atomic E-state index is -0.345. The molecule has 4 heterocycles. The summed E-state index contributed by atoms with van der Waals surface area (Å²) in [5.41, 5.74) is 0.349. The van der Waals surface area contributed by atoms with Crippen LogP contribution in [0.3, 0.4) is 0 Å². The maximum atomic E-state index is 12.3. The van der Waals surface area contributed by atoms with Crippen LogP contribution in [0.4, 0.5) is 0 Å². The van der Waals surface area contributed by atoms with E-state index in [0.717, 1.165) is 6.42 Å². The minimum Gasteiger partial charge on any atom is -0.460 e. The lowest BCUT2D eigenvalue weighted by Crippen LogP contribution is -2.67. The highest BCUT2D eigenvalue weighted by atomic mass is 16.5.